The molecule has 3 heterocycles. The Hall–Kier alpha value is -4.21. The van der Waals surface area contributed by atoms with Gasteiger partial charge in [0.05, 0.1) is 19.4 Å². The molecule has 1 aliphatic heterocycles. The molecule has 2 aromatic carbocycles. The summed E-state index contributed by atoms with van der Waals surface area (Å²) in [6, 6.07) is 13.1. The summed E-state index contributed by atoms with van der Waals surface area (Å²) in [6.45, 7) is 1.40. The van der Waals surface area contributed by atoms with Crippen LogP contribution in [0.5, 0.6) is 11.5 Å². The minimum Gasteiger partial charge on any atom is -0.494 e. The predicted molar refractivity (Wildman–Crippen MR) is 133 cm³/mol. The number of hydrogen-bond acceptors (Lipinski definition) is 5. The summed E-state index contributed by atoms with van der Waals surface area (Å²) in [6.07, 6.45) is -3.13. The predicted octanol–water partition coefficient (Wildman–Crippen LogP) is 6.02. The quantitative estimate of drug-likeness (QED) is 0.312. The molecule has 4 aromatic rings. The SMILES string of the molecule is COc1cc(C(=O)NC[C@H](c2cc3c(c(-c4ccc(F)cc4)n2)OCC3C)C(F)(F)F)cc2cccnc12. The zero-order valence-corrected chi connectivity index (χ0v) is 20.5. The summed E-state index contributed by atoms with van der Waals surface area (Å²) in [5.41, 5.74) is 1.63. The van der Waals surface area contributed by atoms with Gasteiger partial charge in [-0.2, -0.15) is 13.2 Å². The first-order valence-electron chi connectivity index (χ1n) is 11.9. The van der Waals surface area contributed by atoms with Gasteiger partial charge in [0.15, 0.2) is 0 Å². The van der Waals surface area contributed by atoms with E-state index in [9.17, 15) is 22.4 Å². The van der Waals surface area contributed by atoms with E-state index in [1.54, 1.807) is 24.4 Å². The molecule has 1 N–H and O–H groups in total. The van der Waals surface area contributed by atoms with Crippen LogP contribution in [0, 0.1) is 5.82 Å². The van der Waals surface area contributed by atoms with Crippen LogP contribution in [0.2, 0.25) is 0 Å². The van der Waals surface area contributed by atoms with E-state index < -0.39 is 30.4 Å². The maximum Gasteiger partial charge on any atom is 0.398 e. The van der Waals surface area contributed by atoms with Gasteiger partial charge in [-0.25, -0.2) is 9.37 Å². The number of aromatic nitrogens is 2. The maximum atomic E-state index is 14.3. The van der Waals surface area contributed by atoms with Crippen LogP contribution in [0.1, 0.15) is 40.4 Å². The molecule has 0 saturated carbocycles. The molecule has 10 heteroatoms. The van der Waals surface area contributed by atoms with Gasteiger partial charge in [-0.05, 0) is 48.5 Å². The highest BCUT2D eigenvalue weighted by molar-refractivity contribution is 5.99. The molecule has 2 aromatic heterocycles. The highest BCUT2D eigenvalue weighted by atomic mass is 19.4. The molecule has 38 heavy (non-hydrogen) atoms. The molecule has 0 aliphatic carbocycles. The second-order valence-electron chi connectivity index (χ2n) is 9.09. The minimum atomic E-state index is -4.71. The van der Waals surface area contributed by atoms with Gasteiger partial charge in [0.2, 0.25) is 0 Å². The maximum absolute atomic E-state index is 14.3. The normalized spacial score (nSPS) is 15.6. The summed E-state index contributed by atoms with van der Waals surface area (Å²) in [7, 11) is 1.42. The number of carbonyl (C=O) groups excluding carboxylic acids is 1. The van der Waals surface area contributed by atoms with Gasteiger partial charge in [0.1, 0.15) is 34.4 Å². The van der Waals surface area contributed by atoms with E-state index in [2.05, 4.69) is 15.3 Å². The van der Waals surface area contributed by atoms with E-state index in [0.717, 1.165) is 0 Å². The first-order valence-corrected chi connectivity index (χ1v) is 11.9. The van der Waals surface area contributed by atoms with E-state index in [1.165, 1.54) is 43.5 Å². The number of benzene rings is 2. The first-order chi connectivity index (χ1) is 18.2. The monoisotopic (exact) mass is 525 g/mol. The first kappa shape index (κ1) is 25.4. The zero-order valence-electron chi connectivity index (χ0n) is 20.5. The Balaban J connectivity index is 1.49. The summed E-state index contributed by atoms with van der Waals surface area (Å²) in [5.74, 6) is -2.71. The molecule has 0 radical (unpaired) electrons. The summed E-state index contributed by atoms with van der Waals surface area (Å²) in [5, 5.41) is 3.02. The number of methoxy groups -OCH3 is 1. The highest BCUT2D eigenvalue weighted by Crippen LogP contribution is 2.44. The lowest BCUT2D eigenvalue weighted by Gasteiger charge is -2.22. The van der Waals surface area contributed by atoms with Crippen LogP contribution in [0.3, 0.4) is 0 Å². The van der Waals surface area contributed by atoms with Crippen LogP contribution in [0.25, 0.3) is 22.2 Å². The molecule has 1 unspecified atom stereocenters. The molecule has 0 bridgehead atoms. The standard InChI is InChI=1S/C28H23F4N3O3/c1-15-14-38-26-20(15)12-22(35-25(26)16-5-7-19(29)8-6-16)21(28(30,31)32)13-34-27(36)18-10-17-4-3-9-33-24(17)23(11-18)37-2/h3-12,15,21H,13-14H2,1-2H3,(H,34,36)/t15?,21-/m1/s1. The third-order valence-electron chi connectivity index (χ3n) is 6.52. The van der Waals surface area contributed by atoms with Crippen molar-refractivity contribution in [2.45, 2.75) is 24.9 Å². The topological polar surface area (TPSA) is 73.3 Å². The summed E-state index contributed by atoms with van der Waals surface area (Å²) >= 11 is 0. The van der Waals surface area contributed by atoms with E-state index in [-0.39, 0.29) is 22.9 Å². The summed E-state index contributed by atoms with van der Waals surface area (Å²) in [4.78, 5) is 21.5. The highest BCUT2D eigenvalue weighted by Gasteiger charge is 2.43. The molecular formula is C28H23F4N3O3. The van der Waals surface area contributed by atoms with Crippen molar-refractivity contribution in [3.05, 3.63) is 83.4 Å². The molecule has 1 aliphatic rings. The van der Waals surface area contributed by atoms with Crippen molar-refractivity contribution in [2.24, 2.45) is 0 Å². The fraction of sp³-hybridized carbons (Fsp3) is 0.250. The van der Waals surface area contributed by atoms with E-state index in [0.29, 0.717) is 40.1 Å². The summed E-state index contributed by atoms with van der Waals surface area (Å²) < 4.78 is 67.5. The number of pyridine rings is 2. The van der Waals surface area contributed by atoms with Gasteiger partial charge in [-0.3, -0.25) is 9.78 Å². The van der Waals surface area contributed by atoms with Crippen LogP contribution in [0.15, 0.2) is 60.8 Å². The van der Waals surface area contributed by atoms with E-state index in [1.807, 2.05) is 6.92 Å². The third kappa shape index (κ3) is 4.85. The Morgan fingerprint density at radius 2 is 1.95 bits per heavy atom. The van der Waals surface area contributed by atoms with Crippen molar-refractivity contribution in [1.82, 2.24) is 15.3 Å². The Morgan fingerprint density at radius 3 is 2.66 bits per heavy atom. The zero-order chi connectivity index (χ0) is 27.0. The molecular weight excluding hydrogens is 502 g/mol. The van der Waals surface area contributed by atoms with Crippen LogP contribution in [-0.4, -0.2) is 42.3 Å². The number of alkyl halides is 3. The average Bonchev–Trinajstić information content (AvgIpc) is 3.27. The van der Waals surface area contributed by atoms with Gasteiger partial charge in [-0.15, -0.1) is 0 Å². The van der Waals surface area contributed by atoms with Crippen molar-refractivity contribution in [3.63, 3.8) is 0 Å². The number of hydrogen-bond donors (Lipinski definition) is 1. The van der Waals surface area contributed by atoms with Crippen molar-refractivity contribution >= 4 is 16.8 Å². The van der Waals surface area contributed by atoms with Gasteiger partial charge < -0.3 is 14.8 Å². The largest absolute Gasteiger partial charge is 0.494 e. The number of halogens is 4. The van der Waals surface area contributed by atoms with Crippen LogP contribution in [-0.2, 0) is 0 Å². The second kappa shape index (κ2) is 9.92. The average molecular weight is 526 g/mol. The van der Waals surface area contributed by atoms with Gasteiger partial charge in [0, 0.05) is 40.7 Å². The fourth-order valence-corrected chi connectivity index (χ4v) is 4.50. The Bertz CT molecular complexity index is 1510. The number of nitrogens with zero attached hydrogens (tertiary/aromatic N) is 2. The molecule has 0 spiro atoms. The van der Waals surface area contributed by atoms with E-state index in [4.69, 9.17) is 9.47 Å². The lowest BCUT2D eigenvalue weighted by molar-refractivity contribution is -0.149. The second-order valence-corrected chi connectivity index (χ2v) is 9.09. The number of nitrogens with one attached hydrogen (secondary N) is 1. The van der Waals surface area contributed by atoms with Crippen molar-refractivity contribution in [3.8, 4) is 22.8 Å². The molecule has 0 fully saturated rings. The number of fused-ring (bicyclic) bond motifs is 2. The molecule has 2 atom stereocenters. The van der Waals surface area contributed by atoms with Gasteiger partial charge in [-0.1, -0.05) is 13.0 Å². The molecule has 5 rings (SSSR count). The van der Waals surface area contributed by atoms with Crippen molar-refractivity contribution in [1.29, 1.82) is 0 Å². The van der Waals surface area contributed by atoms with Gasteiger partial charge in [0.25, 0.3) is 5.91 Å². The fourth-order valence-electron chi connectivity index (χ4n) is 4.50. The Morgan fingerprint density at radius 1 is 1.18 bits per heavy atom. The van der Waals surface area contributed by atoms with Crippen LogP contribution in [0.4, 0.5) is 17.6 Å². The number of rotatable bonds is 6. The number of carbonyl (C=O) groups is 1. The van der Waals surface area contributed by atoms with Gasteiger partial charge >= 0.3 is 6.18 Å². The smallest absolute Gasteiger partial charge is 0.398 e. The lowest BCUT2D eigenvalue weighted by atomic mass is 9.95. The lowest BCUT2D eigenvalue weighted by Crippen LogP contribution is -2.35. The van der Waals surface area contributed by atoms with Crippen LogP contribution < -0.4 is 14.8 Å². The van der Waals surface area contributed by atoms with Crippen molar-refractivity contribution in [2.75, 3.05) is 20.3 Å². The number of ether oxygens (including phenoxy) is 2. The van der Waals surface area contributed by atoms with Crippen LogP contribution >= 0.6 is 0 Å². The number of amides is 1. The Labute approximate surface area is 215 Å². The van der Waals surface area contributed by atoms with Crippen molar-refractivity contribution < 1.29 is 31.8 Å². The third-order valence-corrected chi connectivity index (χ3v) is 6.52. The molecule has 6 nitrogen and oxygen atoms in total. The minimum absolute atomic E-state index is 0.138. The van der Waals surface area contributed by atoms with E-state index >= 15 is 0 Å². The molecule has 196 valence electrons. The Kier molecular flexibility index (Phi) is 6.64. The molecule has 0 saturated heterocycles. The molecule has 1 amide bonds.